The first-order chi connectivity index (χ1) is 5.85. The second-order valence-electron chi connectivity index (χ2n) is 5.02. The first kappa shape index (κ1) is 13.7. The Morgan fingerprint density at radius 1 is 1.15 bits per heavy atom. The molecular weight excluding hydrogens is 275 g/mol. The maximum atomic E-state index is 5.73. The van der Waals surface area contributed by atoms with Crippen molar-refractivity contribution >= 4 is 22.6 Å². The summed E-state index contributed by atoms with van der Waals surface area (Å²) in [6.07, 6.45) is 1.28. The molecule has 2 atom stereocenters. The van der Waals surface area contributed by atoms with Crippen molar-refractivity contribution in [2.45, 2.75) is 46.6 Å². The lowest BCUT2D eigenvalue weighted by atomic mass is 9.99. The van der Waals surface area contributed by atoms with Crippen molar-refractivity contribution in [1.29, 1.82) is 0 Å². The molecule has 80 valence electrons. The van der Waals surface area contributed by atoms with Crippen LogP contribution in [-0.4, -0.2) is 16.6 Å². The molecule has 0 aliphatic rings. The smallest absolute Gasteiger partial charge is 0.0598 e. The highest BCUT2D eigenvalue weighted by molar-refractivity contribution is 14.1. The van der Waals surface area contributed by atoms with Crippen LogP contribution in [0.25, 0.3) is 0 Å². The Bertz CT molecular complexity index is 129. The number of rotatable bonds is 5. The average molecular weight is 298 g/mol. The largest absolute Gasteiger partial charge is 0.376 e. The Kier molecular flexibility index (Phi) is 6.56. The van der Waals surface area contributed by atoms with E-state index in [0.717, 1.165) is 12.5 Å². The summed E-state index contributed by atoms with van der Waals surface area (Å²) >= 11 is 2.45. The first-order valence-corrected chi connectivity index (χ1v) is 6.57. The number of hydrogen-bond donors (Lipinski definition) is 0. The van der Waals surface area contributed by atoms with E-state index in [-0.39, 0.29) is 5.60 Å². The Morgan fingerprint density at radius 2 is 1.69 bits per heavy atom. The van der Waals surface area contributed by atoms with Crippen LogP contribution in [0, 0.1) is 11.8 Å². The molecule has 0 spiro atoms. The van der Waals surface area contributed by atoms with E-state index >= 15 is 0 Å². The molecule has 0 aliphatic heterocycles. The fourth-order valence-electron chi connectivity index (χ4n) is 1.21. The molecule has 0 aliphatic carbocycles. The molecule has 1 nitrogen and oxygen atoms in total. The van der Waals surface area contributed by atoms with Crippen molar-refractivity contribution in [2.24, 2.45) is 11.8 Å². The summed E-state index contributed by atoms with van der Waals surface area (Å²) in [4.78, 5) is 0. The Labute approximate surface area is 96.8 Å². The Balaban J connectivity index is 3.57. The SMILES string of the molecule is C[C@H](COC(C)(C)C)C[C@@H](C)CI. The van der Waals surface area contributed by atoms with Gasteiger partial charge in [-0.1, -0.05) is 36.4 Å². The fraction of sp³-hybridized carbons (Fsp3) is 1.00. The molecule has 0 aromatic rings. The maximum absolute atomic E-state index is 5.73. The van der Waals surface area contributed by atoms with E-state index < -0.39 is 0 Å². The van der Waals surface area contributed by atoms with Crippen LogP contribution in [0.5, 0.6) is 0 Å². The summed E-state index contributed by atoms with van der Waals surface area (Å²) in [5.41, 5.74) is 0.0157. The van der Waals surface area contributed by atoms with Crippen molar-refractivity contribution in [2.75, 3.05) is 11.0 Å². The van der Waals surface area contributed by atoms with E-state index in [2.05, 4.69) is 57.2 Å². The summed E-state index contributed by atoms with van der Waals surface area (Å²) in [7, 11) is 0. The third kappa shape index (κ3) is 9.01. The summed E-state index contributed by atoms with van der Waals surface area (Å²) in [5, 5.41) is 0. The van der Waals surface area contributed by atoms with Gasteiger partial charge in [0.1, 0.15) is 0 Å². The van der Waals surface area contributed by atoms with Crippen LogP contribution in [0.1, 0.15) is 41.0 Å². The third-order valence-electron chi connectivity index (χ3n) is 1.87. The molecule has 0 saturated carbocycles. The van der Waals surface area contributed by atoms with Gasteiger partial charge in [-0.25, -0.2) is 0 Å². The number of halogens is 1. The quantitative estimate of drug-likeness (QED) is 0.552. The lowest BCUT2D eigenvalue weighted by molar-refractivity contribution is -0.0221. The van der Waals surface area contributed by atoms with Crippen molar-refractivity contribution in [3.8, 4) is 0 Å². The summed E-state index contributed by atoms with van der Waals surface area (Å²) in [5.74, 6) is 1.50. The zero-order valence-electron chi connectivity index (χ0n) is 9.56. The van der Waals surface area contributed by atoms with Crippen LogP contribution in [0.2, 0.25) is 0 Å². The molecule has 0 bridgehead atoms. The van der Waals surface area contributed by atoms with Gasteiger partial charge in [0, 0.05) is 11.0 Å². The summed E-state index contributed by atoms with van der Waals surface area (Å²) < 4.78 is 6.98. The van der Waals surface area contributed by atoms with Gasteiger partial charge in [-0.05, 0) is 39.0 Å². The molecule has 0 aromatic carbocycles. The van der Waals surface area contributed by atoms with Crippen LogP contribution in [0.15, 0.2) is 0 Å². The van der Waals surface area contributed by atoms with E-state index in [4.69, 9.17) is 4.74 Å². The highest BCUT2D eigenvalue weighted by Gasteiger charge is 2.13. The van der Waals surface area contributed by atoms with Crippen LogP contribution in [0.3, 0.4) is 0 Å². The number of hydrogen-bond acceptors (Lipinski definition) is 1. The second kappa shape index (κ2) is 6.23. The second-order valence-corrected chi connectivity index (χ2v) is 5.90. The predicted octanol–water partition coefficient (Wildman–Crippen LogP) is 3.90. The van der Waals surface area contributed by atoms with Gasteiger partial charge >= 0.3 is 0 Å². The summed E-state index contributed by atoms with van der Waals surface area (Å²) in [6, 6.07) is 0. The molecular formula is C11H23IO. The average Bonchev–Trinajstić information content (AvgIpc) is 1.99. The van der Waals surface area contributed by atoms with Crippen LogP contribution in [0.4, 0.5) is 0 Å². The lowest BCUT2D eigenvalue weighted by Crippen LogP contribution is -2.23. The van der Waals surface area contributed by atoms with Crippen LogP contribution < -0.4 is 0 Å². The highest BCUT2D eigenvalue weighted by Crippen LogP contribution is 2.17. The molecule has 2 heteroatoms. The standard InChI is InChI=1S/C11H23IO/c1-9(7-12)6-10(2)8-13-11(3,4)5/h9-10H,6-8H2,1-5H3/t9-,10+/m1/s1. The maximum Gasteiger partial charge on any atom is 0.0598 e. The Morgan fingerprint density at radius 3 is 2.08 bits per heavy atom. The molecule has 0 amide bonds. The molecule has 0 saturated heterocycles. The van der Waals surface area contributed by atoms with E-state index in [1.54, 1.807) is 0 Å². The van der Waals surface area contributed by atoms with Gasteiger partial charge in [0.25, 0.3) is 0 Å². The molecule has 0 unspecified atom stereocenters. The third-order valence-corrected chi connectivity index (χ3v) is 3.37. The molecule has 13 heavy (non-hydrogen) atoms. The minimum Gasteiger partial charge on any atom is -0.376 e. The van der Waals surface area contributed by atoms with Crippen molar-refractivity contribution in [3.05, 3.63) is 0 Å². The normalized spacial score (nSPS) is 17.1. The molecule has 0 rings (SSSR count). The van der Waals surface area contributed by atoms with Gasteiger partial charge < -0.3 is 4.74 Å². The zero-order chi connectivity index (χ0) is 10.5. The monoisotopic (exact) mass is 298 g/mol. The topological polar surface area (TPSA) is 9.23 Å². The van der Waals surface area contributed by atoms with Gasteiger partial charge in [-0.3, -0.25) is 0 Å². The lowest BCUT2D eigenvalue weighted by Gasteiger charge is -2.23. The minimum absolute atomic E-state index is 0.0157. The van der Waals surface area contributed by atoms with Gasteiger partial charge in [0.05, 0.1) is 5.60 Å². The predicted molar refractivity (Wildman–Crippen MR) is 67.5 cm³/mol. The Hall–Kier alpha value is 0.690. The molecule has 0 radical (unpaired) electrons. The molecule has 0 aromatic heterocycles. The highest BCUT2D eigenvalue weighted by atomic mass is 127. The van der Waals surface area contributed by atoms with E-state index in [1.807, 2.05) is 0 Å². The van der Waals surface area contributed by atoms with Gasteiger partial charge in [0.2, 0.25) is 0 Å². The van der Waals surface area contributed by atoms with Crippen molar-refractivity contribution in [1.82, 2.24) is 0 Å². The van der Waals surface area contributed by atoms with Gasteiger partial charge in [0.15, 0.2) is 0 Å². The zero-order valence-corrected chi connectivity index (χ0v) is 11.7. The van der Waals surface area contributed by atoms with E-state index in [9.17, 15) is 0 Å². The molecule has 0 N–H and O–H groups in total. The first-order valence-electron chi connectivity index (χ1n) is 5.05. The van der Waals surface area contributed by atoms with E-state index in [1.165, 1.54) is 10.8 Å². The van der Waals surface area contributed by atoms with E-state index in [0.29, 0.717) is 5.92 Å². The molecule has 0 fully saturated rings. The molecule has 0 heterocycles. The van der Waals surface area contributed by atoms with Crippen molar-refractivity contribution in [3.63, 3.8) is 0 Å². The van der Waals surface area contributed by atoms with Gasteiger partial charge in [-0.15, -0.1) is 0 Å². The van der Waals surface area contributed by atoms with Crippen LogP contribution in [-0.2, 0) is 4.74 Å². The number of alkyl halides is 1. The minimum atomic E-state index is 0.0157. The number of ether oxygens (including phenoxy) is 1. The van der Waals surface area contributed by atoms with Gasteiger partial charge in [-0.2, -0.15) is 0 Å². The fourth-order valence-corrected chi connectivity index (χ4v) is 1.57. The summed E-state index contributed by atoms with van der Waals surface area (Å²) in [6.45, 7) is 11.8. The van der Waals surface area contributed by atoms with Crippen LogP contribution >= 0.6 is 22.6 Å². The van der Waals surface area contributed by atoms with Crippen molar-refractivity contribution < 1.29 is 4.74 Å².